The molecule has 0 saturated heterocycles. The number of amides is 2. The molecule has 0 bridgehead atoms. The number of aromatic nitrogens is 1. The number of aryl methyl sites for hydroxylation is 1. The van der Waals surface area contributed by atoms with Crippen LogP contribution in [0.15, 0.2) is 29.7 Å². The normalized spacial score (nSPS) is 18.3. The second-order valence-corrected chi connectivity index (χ2v) is 5.98. The molecule has 11 heteroatoms. The summed E-state index contributed by atoms with van der Waals surface area (Å²) in [6, 6.07) is 1.35. The molecule has 0 aromatic carbocycles. The number of nitrogens with one attached hydrogen (secondary N) is 3. The summed E-state index contributed by atoms with van der Waals surface area (Å²) < 4.78 is 41.2. The third-order valence-corrected chi connectivity index (χ3v) is 3.77. The molecule has 2 rings (SSSR count). The summed E-state index contributed by atoms with van der Waals surface area (Å²) in [6.45, 7) is 1.91. The van der Waals surface area contributed by atoms with Crippen LogP contribution in [0.2, 0.25) is 0 Å². The maximum Gasteiger partial charge on any atom is 0.422 e. The van der Waals surface area contributed by atoms with Crippen molar-refractivity contribution in [2.75, 3.05) is 6.61 Å². The van der Waals surface area contributed by atoms with Crippen LogP contribution in [0.5, 0.6) is 5.88 Å². The van der Waals surface area contributed by atoms with Gasteiger partial charge in [-0.25, -0.2) is 4.98 Å². The van der Waals surface area contributed by atoms with E-state index in [9.17, 15) is 22.8 Å². The lowest BCUT2D eigenvalue weighted by molar-refractivity contribution is -0.154. The van der Waals surface area contributed by atoms with Crippen molar-refractivity contribution < 1.29 is 27.5 Å². The van der Waals surface area contributed by atoms with Gasteiger partial charge in [-0.2, -0.15) is 13.2 Å². The van der Waals surface area contributed by atoms with Gasteiger partial charge in [0.1, 0.15) is 0 Å². The fraction of sp³-hybridized carbons (Fsp3) is 0.412. The molecule has 1 aliphatic rings. The maximum atomic E-state index is 12.7. The van der Waals surface area contributed by atoms with E-state index in [2.05, 4.69) is 30.7 Å². The Labute approximate surface area is 159 Å². The summed E-state index contributed by atoms with van der Waals surface area (Å²) in [4.78, 5) is 32.1. The fourth-order valence-electron chi connectivity index (χ4n) is 2.25. The Kier molecular flexibility index (Phi) is 6.60. The van der Waals surface area contributed by atoms with E-state index >= 15 is 0 Å². The first-order valence-electron chi connectivity index (χ1n) is 8.36. The highest BCUT2D eigenvalue weighted by atomic mass is 19.4. The predicted octanol–water partition coefficient (Wildman–Crippen LogP) is 1.32. The Morgan fingerprint density at radius 1 is 1.36 bits per heavy atom. The molecular weight excluding hydrogens is 379 g/mol. The van der Waals surface area contributed by atoms with Gasteiger partial charge in [-0.3, -0.25) is 14.6 Å². The van der Waals surface area contributed by atoms with Crippen LogP contribution in [0.25, 0.3) is 0 Å². The number of rotatable bonds is 7. The number of ether oxygens (including phenoxy) is 1. The van der Waals surface area contributed by atoms with E-state index in [4.69, 9.17) is 0 Å². The molecule has 0 saturated carbocycles. The highest BCUT2D eigenvalue weighted by Crippen LogP contribution is 2.19. The molecule has 1 aromatic heterocycles. The van der Waals surface area contributed by atoms with Crippen molar-refractivity contribution in [3.05, 3.63) is 35.8 Å². The second kappa shape index (κ2) is 8.72. The molecule has 2 heterocycles. The van der Waals surface area contributed by atoms with Gasteiger partial charge in [-0.1, -0.05) is 6.92 Å². The first-order chi connectivity index (χ1) is 13.1. The van der Waals surface area contributed by atoms with E-state index in [1.807, 2.05) is 0 Å². The Morgan fingerprint density at radius 2 is 2.11 bits per heavy atom. The van der Waals surface area contributed by atoms with Crippen LogP contribution >= 0.6 is 0 Å². The topological polar surface area (TPSA) is 105 Å². The van der Waals surface area contributed by atoms with Gasteiger partial charge >= 0.3 is 6.18 Å². The lowest BCUT2D eigenvalue weighted by Crippen LogP contribution is -2.67. The third-order valence-electron chi connectivity index (χ3n) is 3.77. The number of nitrogens with zero attached hydrogens (tertiary/aromatic N) is 2. The van der Waals surface area contributed by atoms with Crippen LogP contribution in [-0.4, -0.2) is 41.5 Å². The summed E-state index contributed by atoms with van der Waals surface area (Å²) in [5, 5.41) is 7.99. The van der Waals surface area contributed by atoms with Crippen molar-refractivity contribution in [2.24, 2.45) is 4.99 Å². The molecule has 0 radical (unpaired) electrons. The fourth-order valence-corrected chi connectivity index (χ4v) is 2.25. The van der Waals surface area contributed by atoms with Gasteiger partial charge in [0.2, 0.25) is 17.5 Å². The van der Waals surface area contributed by atoms with Crippen LogP contribution < -0.4 is 20.7 Å². The Balaban J connectivity index is 2.03. The standard InChI is InChI=1S/C17H20F3N5O3/c1-3-13(26)25-16(9-21-4-5-24-16)15(27)23-8-12-7-22-14(6-11(12)2)28-10-17(18,19)20/h4-7,9,24H,3,8,10H2,1-2H3,(H,23,27)(H,25,26). The van der Waals surface area contributed by atoms with E-state index < -0.39 is 24.4 Å². The van der Waals surface area contributed by atoms with Crippen LogP contribution in [0.3, 0.4) is 0 Å². The van der Waals surface area contributed by atoms with Crippen molar-refractivity contribution in [1.82, 2.24) is 20.9 Å². The lowest BCUT2D eigenvalue weighted by Gasteiger charge is -2.31. The maximum absolute atomic E-state index is 12.7. The molecule has 1 aromatic rings. The molecule has 1 unspecified atom stereocenters. The number of hydrogen-bond donors (Lipinski definition) is 3. The molecular formula is C17H20F3N5O3. The molecule has 1 atom stereocenters. The predicted molar refractivity (Wildman–Crippen MR) is 94.3 cm³/mol. The average molecular weight is 399 g/mol. The van der Waals surface area contributed by atoms with E-state index in [0.717, 1.165) is 0 Å². The highest BCUT2D eigenvalue weighted by Gasteiger charge is 2.38. The Bertz CT molecular complexity index is 795. The summed E-state index contributed by atoms with van der Waals surface area (Å²) in [7, 11) is 0. The van der Waals surface area contributed by atoms with E-state index in [1.54, 1.807) is 13.8 Å². The lowest BCUT2D eigenvalue weighted by atomic mass is 10.1. The van der Waals surface area contributed by atoms with Crippen molar-refractivity contribution in [2.45, 2.75) is 38.7 Å². The van der Waals surface area contributed by atoms with E-state index in [-0.39, 0.29) is 24.8 Å². The number of alkyl halides is 3. The van der Waals surface area contributed by atoms with Crippen molar-refractivity contribution in [3.8, 4) is 5.88 Å². The summed E-state index contributed by atoms with van der Waals surface area (Å²) in [5.41, 5.74) is -0.365. The Morgan fingerprint density at radius 3 is 2.68 bits per heavy atom. The van der Waals surface area contributed by atoms with Gasteiger partial charge in [0, 0.05) is 37.6 Å². The molecule has 2 amide bonds. The number of hydrogen-bond acceptors (Lipinski definition) is 6. The summed E-state index contributed by atoms with van der Waals surface area (Å²) in [5.74, 6) is -1.07. The minimum absolute atomic E-state index is 0.0419. The van der Waals surface area contributed by atoms with Crippen LogP contribution in [-0.2, 0) is 16.1 Å². The number of pyridine rings is 1. The second-order valence-electron chi connectivity index (χ2n) is 5.98. The molecule has 152 valence electrons. The zero-order valence-corrected chi connectivity index (χ0v) is 15.3. The molecule has 3 N–H and O–H groups in total. The first kappa shape index (κ1) is 21.2. The van der Waals surface area contributed by atoms with E-state index in [1.165, 1.54) is 30.9 Å². The number of aliphatic imine (C=N–C) groups is 1. The van der Waals surface area contributed by atoms with Crippen LogP contribution in [0.1, 0.15) is 24.5 Å². The van der Waals surface area contributed by atoms with Gasteiger partial charge < -0.3 is 20.7 Å². The first-order valence-corrected chi connectivity index (χ1v) is 8.36. The highest BCUT2D eigenvalue weighted by molar-refractivity contribution is 6.06. The molecule has 0 spiro atoms. The number of halogens is 3. The minimum Gasteiger partial charge on any atom is -0.468 e. The van der Waals surface area contributed by atoms with Crippen molar-refractivity contribution in [3.63, 3.8) is 0 Å². The van der Waals surface area contributed by atoms with Gasteiger partial charge in [0.05, 0.1) is 6.21 Å². The molecule has 28 heavy (non-hydrogen) atoms. The van der Waals surface area contributed by atoms with Gasteiger partial charge in [0.25, 0.3) is 5.91 Å². The van der Waals surface area contributed by atoms with E-state index in [0.29, 0.717) is 11.1 Å². The minimum atomic E-state index is -4.46. The Hall–Kier alpha value is -3.11. The van der Waals surface area contributed by atoms with Crippen LogP contribution in [0, 0.1) is 6.92 Å². The van der Waals surface area contributed by atoms with Gasteiger partial charge in [-0.15, -0.1) is 0 Å². The van der Waals surface area contributed by atoms with Crippen LogP contribution in [0.4, 0.5) is 13.2 Å². The van der Waals surface area contributed by atoms with Crippen molar-refractivity contribution >= 4 is 18.0 Å². The zero-order valence-electron chi connectivity index (χ0n) is 15.3. The number of carbonyl (C=O) groups excluding carboxylic acids is 2. The summed E-state index contributed by atoms with van der Waals surface area (Å²) in [6.07, 6.45) is 1.17. The number of carbonyl (C=O) groups is 2. The monoisotopic (exact) mass is 399 g/mol. The van der Waals surface area contributed by atoms with Crippen molar-refractivity contribution in [1.29, 1.82) is 0 Å². The molecule has 0 aliphatic carbocycles. The van der Waals surface area contributed by atoms with Gasteiger partial charge in [-0.05, 0) is 18.1 Å². The molecule has 8 nitrogen and oxygen atoms in total. The average Bonchev–Trinajstić information content (AvgIpc) is 2.65. The largest absolute Gasteiger partial charge is 0.468 e. The quantitative estimate of drug-likeness (QED) is 0.641. The molecule has 0 fully saturated rings. The summed E-state index contributed by atoms with van der Waals surface area (Å²) >= 11 is 0. The third kappa shape index (κ3) is 5.69. The van der Waals surface area contributed by atoms with Gasteiger partial charge in [0.15, 0.2) is 6.61 Å². The SMILES string of the molecule is CCC(=O)NC1(C(=O)NCc2cnc(OCC(F)(F)F)cc2C)C=NC=CN1. The zero-order chi connectivity index (χ0) is 20.8. The molecule has 1 aliphatic heterocycles. The smallest absolute Gasteiger partial charge is 0.422 e.